The number of allylic oxidation sites excluding steroid dienone is 1. The molecule has 0 fully saturated rings. The Bertz CT molecular complexity index is 305. The first-order valence-electron chi connectivity index (χ1n) is 4.43. The molecular weight excluding hydrogens is 162 g/mol. The molecule has 70 valence electrons. The van der Waals surface area contributed by atoms with E-state index in [1.165, 1.54) is 5.57 Å². The quantitative estimate of drug-likeness (QED) is 0.770. The summed E-state index contributed by atoms with van der Waals surface area (Å²) in [6, 6.07) is 0. The summed E-state index contributed by atoms with van der Waals surface area (Å²) in [6.07, 6.45) is 6.48. The van der Waals surface area contributed by atoms with Crippen LogP contribution in [-0.2, 0) is 0 Å². The Balaban J connectivity index is 2.99. The lowest BCUT2D eigenvalue weighted by atomic mass is 10.2. The van der Waals surface area contributed by atoms with Crippen molar-refractivity contribution in [2.24, 2.45) is 0 Å². The van der Waals surface area contributed by atoms with E-state index in [2.05, 4.69) is 35.2 Å². The topological polar surface area (TPSA) is 37.8 Å². The first-order valence-corrected chi connectivity index (χ1v) is 4.43. The van der Waals surface area contributed by atoms with Crippen LogP contribution in [0.2, 0.25) is 0 Å². The van der Waals surface area contributed by atoms with Gasteiger partial charge in [-0.25, -0.2) is 4.98 Å². The fourth-order valence-electron chi connectivity index (χ4n) is 0.982. The van der Waals surface area contributed by atoms with Crippen LogP contribution in [-0.4, -0.2) is 17.0 Å². The Hall–Kier alpha value is -1.38. The van der Waals surface area contributed by atoms with Crippen LogP contribution in [0.5, 0.6) is 0 Å². The summed E-state index contributed by atoms with van der Waals surface area (Å²) in [5, 5.41) is 3.01. The van der Waals surface area contributed by atoms with E-state index in [9.17, 15) is 0 Å². The number of nitrogens with one attached hydrogen (secondary N) is 1. The van der Waals surface area contributed by atoms with Crippen molar-refractivity contribution in [3.63, 3.8) is 0 Å². The molecule has 0 saturated carbocycles. The summed E-state index contributed by atoms with van der Waals surface area (Å²) in [4.78, 5) is 8.40. The fraction of sp³-hybridized carbons (Fsp3) is 0.400. The normalized spacial score (nSPS) is 11.5. The molecule has 0 amide bonds. The van der Waals surface area contributed by atoms with Crippen molar-refractivity contribution in [2.75, 3.05) is 12.4 Å². The van der Waals surface area contributed by atoms with Crippen LogP contribution in [0.25, 0.3) is 6.08 Å². The number of hydrogen-bond donors (Lipinski definition) is 1. The minimum absolute atomic E-state index is 0.829. The second-order valence-electron chi connectivity index (χ2n) is 2.88. The summed E-state index contributed by atoms with van der Waals surface area (Å²) in [7, 11) is 1.85. The molecule has 0 bridgehead atoms. The van der Waals surface area contributed by atoms with Crippen LogP contribution in [0.15, 0.2) is 18.0 Å². The molecule has 3 heteroatoms. The molecule has 0 aliphatic carbocycles. The van der Waals surface area contributed by atoms with E-state index in [1.54, 1.807) is 12.4 Å². The van der Waals surface area contributed by atoms with E-state index < -0.39 is 0 Å². The number of aromatic nitrogens is 2. The van der Waals surface area contributed by atoms with Crippen molar-refractivity contribution < 1.29 is 0 Å². The molecule has 0 spiro atoms. The average molecular weight is 177 g/mol. The summed E-state index contributed by atoms with van der Waals surface area (Å²) in [5.74, 6) is 0.829. The smallest absolute Gasteiger partial charge is 0.151 e. The Kier molecular flexibility index (Phi) is 3.43. The van der Waals surface area contributed by atoms with Gasteiger partial charge >= 0.3 is 0 Å². The Morgan fingerprint density at radius 2 is 2.15 bits per heavy atom. The van der Waals surface area contributed by atoms with Gasteiger partial charge in [0.15, 0.2) is 5.82 Å². The highest BCUT2D eigenvalue weighted by molar-refractivity contribution is 5.60. The van der Waals surface area contributed by atoms with E-state index in [1.807, 2.05) is 7.05 Å². The van der Waals surface area contributed by atoms with E-state index in [-0.39, 0.29) is 0 Å². The predicted octanol–water partition coefficient (Wildman–Crippen LogP) is 2.33. The van der Waals surface area contributed by atoms with Gasteiger partial charge in [0.05, 0.1) is 0 Å². The van der Waals surface area contributed by atoms with E-state index in [4.69, 9.17) is 0 Å². The lowest BCUT2D eigenvalue weighted by Crippen LogP contribution is -1.97. The molecular formula is C10H15N3. The Labute approximate surface area is 78.9 Å². The zero-order valence-electron chi connectivity index (χ0n) is 8.33. The Morgan fingerprint density at radius 3 is 2.77 bits per heavy atom. The lowest BCUT2D eigenvalue weighted by Gasteiger charge is -2.02. The molecule has 0 saturated heterocycles. The van der Waals surface area contributed by atoms with Crippen molar-refractivity contribution in [1.29, 1.82) is 0 Å². The average Bonchev–Trinajstić information content (AvgIpc) is 2.18. The van der Waals surface area contributed by atoms with Crippen LogP contribution in [0.1, 0.15) is 26.0 Å². The first-order chi connectivity index (χ1) is 6.27. The second-order valence-corrected chi connectivity index (χ2v) is 2.88. The third kappa shape index (κ3) is 2.54. The Morgan fingerprint density at radius 1 is 1.46 bits per heavy atom. The third-order valence-corrected chi connectivity index (χ3v) is 1.90. The zero-order valence-corrected chi connectivity index (χ0v) is 8.33. The van der Waals surface area contributed by atoms with Crippen LogP contribution < -0.4 is 5.32 Å². The fourth-order valence-corrected chi connectivity index (χ4v) is 0.982. The van der Waals surface area contributed by atoms with Gasteiger partial charge in [-0.1, -0.05) is 12.5 Å². The van der Waals surface area contributed by atoms with Crippen molar-refractivity contribution in [3.05, 3.63) is 23.7 Å². The molecule has 0 radical (unpaired) electrons. The molecule has 0 atom stereocenters. The highest BCUT2D eigenvalue weighted by Crippen LogP contribution is 2.12. The molecule has 0 aliphatic rings. The maximum Gasteiger partial charge on any atom is 0.151 e. The van der Waals surface area contributed by atoms with Gasteiger partial charge < -0.3 is 5.32 Å². The SMILES string of the molecule is CC/C(C)=C\c1nccnc1NC. The molecule has 1 aromatic rings. The highest BCUT2D eigenvalue weighted by atomic mass is 15.0. The van der Waals surface area contributed by atoms with Crippen LogP contribution in [0.4, 0.5) is 5.82 Å². The van der Waals surface area contributed by atoms with Crippen LogP contribution in [0, 0.1) is 0 Å². The largest absolute Gasteiger partial charge is 0.371 e. The zero-order chi connectivity index (χ0) is 9.68. The molecule has 1 aromatic heterocycles. The number of anilines is 1. The molecule has 1 heterocycles. The maximum absolute atomic E-state index is 4.24. The highest BCUT2D eigenvalue weighted by Gasteiger charge is 1.98. The van der Waals surface area contributed by atoms with E-state index in [0.29, 0.717) is 0 Å². The lowest BCUT2D eigenvalue weighted by molar-refractivity contribution is 1.10. The summed E-state index contributed by atoms with van der Waals surface area (Å²) >= 11 is 0. The van der Waals surface area contributed by atoms with Gasteiger partial charge in [-0.2, -0.15) is 0 Å². The number of nitrogens with zero attached hydrogens (tertiary/aromatic N) is 2. The molecule has 1 N–H and O–H groups in total. The van der Waals surface area contributed by atoms with Gasteiger partial charge in [0.1, 0.15) is 5.69 Å². The molecule has 13 heavy (non-hydrogen) atoms. The monoisotopic (exact) mass is 177 g/mol. The molecule has 3 nitrogen and oxygen atoms in total. The summed E-state index contributed by atoms with van der Waals surface area (Å²) in [5.41, 5.74) is 2.21. The maximum atomic E-state index is 4.24. The predicted molar refractivity (Wildman–Crippen MR) is 55.5 cm³/mol. The van der Waals surface area contributed by atoms with Gasteiger partial charge in [0.2, 0.25) is 0 Å². The summed E-state index contributed by atoms with van der Waals surface area (Å²) in [6.45, 7) is 4.22. The first kappa shape index (κ1) is 9.71. The number of rotatable bonds is 3. The molecule has 0 aromatic carbocycles. The summed E-state index contributed by atoms with van der Waals surface area (Å²) < 4.78 is 0. The van der Waals surface area contributed by atoms with Gasteiger partial charge in [0, 0.05) is 19.4 Å². The molecule has 1 rings (SSSR count). The second kappa shape index (κ2) is 4.60. The van der Waals surface area contributed by atoms with Crippen molar-refractivity contribution in [1.82, 2.24) is 9.97 Å². The molecule has 0 aliphatic heterocycles. The third-order valence-electron chi connectivity index (χ3n) is 1.90. The van der Waals surface area contributed by atoms with Gasteiger partial charge in [-0.15, -0.1) is 0 Å². The minimum atomic E-state index is 0.829. The van der Waals surface area contributed by atoms with E-state index in [0.717, 1.165) is 17.9 Å². The number of hydrogen-bond acceptors (Lipinski definition) is 3. The van der Waals surface area contributed by atoms with Crippen LogP contribution in [0.3, 0.4) is 0 Å². The van der Waals surface area contributed by atoms with Crippen LogP contribution >= 0.6 is 0 Å². The van der Waals surface area contributed by atoms with Gasteiger partial charge in [0.25, 0.3) is 0 Å². The van der Waals surface area contributed by atoms with E-state index >= 15 is 0 Å². The minimum Gasteiger partial charge on any atom is -0.371 e. The molecule has 0 unspecified atom stereocenters. The van der Waals surface area contributed by atoms with Crippen molar-refractivity contribution in [2.45, 2.75) is 20.3 Å². The standard InChI is InChI=1S/C10H15N3/c1-4-8(2)7-9-10(11-3)13-6-5-12-9/h5-7H,4H2,1-3H3,(H,11,13)/b8-7-. The van der Waals surface area contributed by atoms with Crippen molar-refractivity contribution >= 4 is 11.9 Å². The van der Waals surface area contributed by atoms with Gasteiger partial charge in [-0.05, 0) is 19.4 Å². The van der Waals surface area contributed by atoms with Crippen molar-refractivity contribution in [3.8, 4) is 0 Å². The van der Waals surface area contributed by atoms with Gasteiger partial charge in [-0.3, -0.25) is 4.98 Å².